The minimum Gasteiger partial charge on any atom is -0.450 e. The van der Waals surface area contributed by atoms with Crippen LogP contribution >= 0.6 is 0 Å². The molecule has 0 radical (unpaired) electrons. The number of likely N-dealkylation sites (tertiary alicyclic amines) is 1. The van der Waals surface area contributed by atoms with Crippen LogP contribution in [-0.4, -0.2) is 55.7 Å². The molecule has 0 atom stereocenters. The van der Waals surface area contributed by atoms with E-state index in [2.05, 4.69) is 10.2 Å². The number of ether oxygens (including phenoxy) is 1. The van der Waals surface area contributed by atoms with Crippen LogP contribution in [0, 0.1) is 0 Å². The number of amides is 2. The molecule has 2 heterocycles. The Balaban J connectivity index is 1.48. The highest BCUT2D eigenvalue weighted by Crippen LogP contribution is 2.20. The van der Waals surface area contributed by atoms with Gasteiger partial charge >= 0.3 is 6.09 Å². The van der Waals surface area contributed by atoms with Gasteiger partial charge in [0, 0.05) is 43.5 Å². The molecule has 2 saturated heterocycles. The number of nitrogens with one attached hydrogen (secondary N) is 1. The summed E-state index contributed by atoms with van der Waals surface area (Å²) < 4.78 is 5.02. The normalized spacial score (nSPS) is 18.3. The highest BCUT2D eigenvalue weighted by Gasteiger charge is 2.24. The smallest absolute Gasteiger partial charge is 0.409 e. The van der Waals surface area contributed by atoms with Crippen LogP contribution in [0.5, 0.6) is 0 Å². The van der Waals surface area contributed by atoms with Crippen molar-refractivity contribution < 1.29 is 14.3 Å². The minimum absolute atomic E-state index is 0.0393. The van der Waals surface area contributed by atoms with E-state index in [0.717, 1.165) is 25.9 Å². The molecule has 136 valence electrons. The molecule has 0 spiro atoms. The number of carbonyl (C=O) groups is 2. The van der Waals surface area contributed by atoms with Crippen LogP contribution in [0.2, 0.25) is 0 Å². The van der Waals surface area contributed by atoms with Crippen LogP contribution in [0.4, 0.5) is 10.5 Å². The summed E-state index contributed by atoms with van der Waals surface area (Å²) >= 11 is 0. The fraction of sp³-hybridized carbons (Fsp3) is 0.579. The summed E-state index contributed by atoms with van der Waals surface area (Å²) in [6.45, 7) is 5.65. The predicted octanol–water partition coefficient (Wildman–Crippen LogP) is 2.64. The zero-order valence-electron chi connectivity index (χ0n) is 14.9. The Morgan fingerprint density at radius 1 is 1.08 bits per heavy atom. The second-order valence-corrected chi connectivity index (χ2v) is 6.67. The van der Waals surface area contributed by atoms with E-state index in [-0.39, 0.29) is 18.0 Å². The Kier molecular flexibility index (Phi) is 5.79. The molecule has 1 aromatic rings. The maximum Gasteiger partial charge on any atom is 0.409 e. The summed E-state index contributed by atoms with van der Waals surface area (Å²) in [6.07, 6.45) is 3.75. The van der Waals surface area contributed by atoms with Gasteiger partial charge in [-0.15, -0.1) is 0 Å². The number of anilines is 1. The SMILES string of the molecule is CCOC(=O)N1CCC(NC(=O)c2ccc(N3CCCC3)cc2)CC1. The fourth-order valence-corrected chi connectivity index (χ4v) is 3.49. The molecule has 1 aromatic carbocycles. The lowest BCUT2D eigenvalue weighted by molar-refractivity contribution is 0.0860. The number of hydrogen-bond acceptors (Lipinski definition) is 4. The lowest BCUT2D eigenvalue weighted by atomic mass is 10.0. The lowest BCUT2D eigenvalue weighted by Gasteiger charge is -2.31. The first-order valence-corrected chi connectivity index (χ1v) is 9.25. The van der Waals surface area contributed by atoms with E-state index in [1.807, 2.05) is 24.3 Å². The molecule has 6 heteroatoms. The first-order valence-electron chi connectivity index (χ1n) is 9.25. The summed E-state index contributed by atoms with van der Waals surface area (Å²) in [5, 5.41) is 3.08. The largest absolute Gasteiger partial charge is 0.450 e. The molecule has 1 N–H and O–H groups in total. The quantitative estimate of drug-likeness (QED) is 0.911. The topological polar surface area (TPSA) is 61.9 Å². The summed E-state index contributed by atoms with van der Waals surface area (Å²) in [4.78, 5) is 28.2. The molecule has 0 bridgehead atoms. The number of rotatable bonds is 4. The van der Waals surface area contributed by atoms with Crippen molar-refractivity contribution in [2.24, 2.45) is 0 Å². The summed E-state index contributed by atoms with van der Waals surface area (Å²) in [5.74, 6) is -0.0393. The maximum absolute atomic E-state index is 12.4. The number of benzene rings is 1. The van der Waals surface area contributed by atoms with E-state index in [4.69, 9.17) is 4.74 Å². The van der Waals surface area contributed by atoms with Crippen LogP contribution in [0.25, 0.3) is 0 Å². The van der Waals surface area contributed by atoms with E-state index in [9.17, 15) is 9.59 Å². The third-order valence-electron chi connectivity index (χ3n) is 4.96. The van der Waals surface area contributed by atoms with E-state index < -0.39 is 0 Å². The van der Waals surface area contributed by atoms with Crippen LogP contribution in [0.3, 0.4) is 0 Å². The van der Waals surface area contributed by atoms with E-state index >= 15 is 0 Å². The van der Waals surface area contributed by atoms with Gasteiger partial charge in [-0.25, -0.2) is 4.79 Å². The van der Waals surface area contributed by atoms with E-state index in [1.165, 1.54) is 18.5 Å². The molecule has 2 fully saturated rings. The lowest BCUT2D eigenvalue weighted by Crippen LogP contribution is -2.46. The molecule has 0 unspecified atom stereocenters. The maximum atomic E-state index is 12.4. The van der Waals surface area contributed by atoms with Crippen molar-refractivity contribution in [3.8, 4) is 0 Å². The van der Waals surface area contributed by atoms with E-state index in [0.29, 0.717) is 25.3 Å². The van der Waals surface area contributed by atoms with Crippen molar-refractivity contribution in [1.82, 2.24) is 10.2 Å². The third kappa shape index (κ3) is 4.44. The van der Waals surface area contributed by atoms with Gasteiger partial charge in [0.25, 0.3) is 5.91 Å². The molecule has 3 rings (SSSR count). The number of hydrogen-bond donors (Lipinski definition) is 1. The minimum atomic E-state index is -0.259. The van der Waals surface area contributed by atoms with Crippen molar-refractivity contribution in [1.29, 1.82) is 0 Å². The van der Waals surface area contributed by atoms with Gasteiger partial charge in [-0.3, -0.25) is 4.79 Å². The zero-order valence-corrected chi connectivity index (χ0v) is 14.9. The predicted molar refractivity (Wildman–Crippen MR) is 97.0 cm³/mol. The second kappa shape index (κ2) is 8.23. The molecular weight excluding hydrogens is 318 g/mol. The van der Waals surface area contributed by atoms with Gasteiger partial charge < -0.3 is 19.9 Å². The van der Waals surface area contributed by atoms with Crippen molar-refractivity contribution in [2.45, 2.75) is 38.6 Å². The van der Waals surface area contributed by atoms with Crippen molar-refractivity contribution in [3.63, 3.8) is 0 Å². The van der Waals surface area contributed by atoms with E-state index in [1.54, 1.807) is 11.8 Å². The Morgan fingerprint density at radius 3 is 2.32 bits per heavy atom. The Morgan fingerprint density at radius 2 is 1.72 bits per heavy atom. The molecule has 2 aliphatic rings. The highest BCUT2D eigenvalue weighted by molar-refractivity contribution is 5.94. The van der Waals surface area contributed by atoms with Crippen LogP contribution in [0.15, 0.2) is 24.3 Å². The molecular formula is C19H27N3O3. The molecule has 25 heavy (non-hydrogen) atoms. The van der Waals surface area contributed by atoms with Crippen molar-refractivity contribution in [2.75, 3.05) is 37.7 Å². The fourth-order valence-electron chi connectivity index (χ4n) is 3.49. The van der Waals surface area contributed by atoms with Gasteiger partial charge in [0.15, 0.2) is 0 Å². The third-order valence-corrected chi connectivity index (χ3v) is 4.96. The van der Waals surface area contributed by atoms with Gasteiger partial charge in [-0.2, -0.15) is 0 Å². The number of piperidine rings is 1. The first-order chi connectivity index (χ1) is 12.2. The van der Waals surface area contributed by atoms with Gasteiger partial charge in [0.1, 0.15) is 0 Å². The molecule has 0 aromatic heterocycles. The Labute approximate surface area is 149 Å². The monoisotopic (exact) mass is 345 g/mol. The van der Waals surface area contributed by atoms with Gasteiger partial charge in [-0.1, -0.05) is 0 Å². The Bertz CT molecular complexity index is 588. The molecule has 2 aliphatic heterocycles. The van der Waals surface area contributed by atoms with Gasteiger partial charge in [-0.05, 0) is 56.9 Å². The van der Waals surface area contributed by atoms with Crippen LogP contribution < -0.4 is 10.2 Å². The summed E-state index contributed by atoms with van der Waals surface area (Å²) in [6, 6.07) is 7.97. The van der Waals surface area contributed by atoms with Crippen molar-refractivity contribution >= 4 is 17.7 Å². The van der Waals surface area contributed by atoms with Gasteiger partial charge in [0.05, 0.1) is 6.61 Å². The average molecular weight is 345 g/mol. The molecule has 2 amide bonds. The van der Waals surface area contributed by atoms with Crippen LogP contribution in [-0.2, 0) is 4.74 Å². The van der Waals surface area contributed by atoms with Gasteiger partial charge in [0.2, 0.25) is 0 Å². The second-order valence-electron chi connectivity index (χ2n) is 6.67. The summed E-state index contributed by atoms with van der Waals surface area (Å²) in [5.41, 5.74) is 1.88. The summed E-state index contributed by atoms with van der Waals surface area (Å²) in [7, 11) is 0. The highest BCUT2D eigenvalue weighted by atomic mass is 16.6. The Hall–Kier alpha value is -2.24. The van der Waals surface area contributed by atoms with Crippen LogP contribution in [0.1, 0.15) is 43.0 Å². The number of nitrogens with zero attached hydrogens (tertiary/aromatic N) is 2. The molecule has 0 saturated carbocycles. The average Bonchev–Trinajstić information content (AvgIpc) is 3.17. The molecule has 6 nitrogen and oxygen atoms in total. The zero-order chi connectivity index (χ0) is 17.6. The molecule has 0 aliphatic carbocycles. The standard InChI is InChI=1S/C19H27N3O3/c1-2-25-19(24)22-13-9-16(10-14-22)20-18(23)15-5-7-17(8-6-15)21-11-3-4-12-21/h5-8,16H,2-4,9-14H2,1H3,(H,20,23). The van der Waals surface area contributed by atoms with Crippen molar-refractivity contribution in [3.05, 3.63) is 29.8 Å². The first kappa shape index (κ1) is 17.6. The number of carbonyl (C=O) groups excluding carboxylic acids is 2.